The lowest BCUT2D eigenvalue weighted by Gasteiger charge is -2.06. The Labute approximate surface area is 128 Å². The number of nitro benzene ring substituents is 1. The molecule has 0 atom stereocenters. The van der Waals surface area contributed by atoms with E-state index in [1.165, 1.54) is 12.1 Å². The third kappa shape index (κ3) is 4.02. The topological polar surface area (TPSA) is 88.0 Å². The zero-order valence-electron chi connectivity index (χ0n) is 12.5. The molecule has 0 bridgehead atoms. The largest absolute Gasteiger partial charge is 0.322 e. The van der Waals surface area contributed by atoms with Gasteiger partial charge in [-0.1, -0.05) is 31.5 Å². The summed E-state index contributed by atoms with van der Waals surface area (Å²) >= 11 is 0. The summed E-state index contributed by atoms with van der Waals surface area (Å²) in [6, 6.07) is 9.74. The van der Waals surface area contributed by atoms with Crippen molar-refractivity contribution in [1.29, 1.82) is 0 Å². The molecule has 2 aromatic rings. The minimum absolute atomic E-state index is 0.00339. The molecular weight excluding hydrogens is 282 g/mol. The zero-order valence-corrected chi connectivity index (χ0v) is 12.5. The van der Waals surface area contributed by atoms with Crippen LogP contribution in [-0.2, 0) is 6.54 Å². The summed E-state index contributed by atoms with van der Waals surface area (Å²) in [6.45, 7) is 3.51. The molecule has 0 aliphatic carbocycles. The molecule has 2 rings (SSSR count). The minimum Gasteiger partial charge on any atom is -0.322 e. The number of pyridine rings is 1. The van der Waals surface area contributed by atoms with Crippen LogP contribution in [0, 0.1) is 10.1 Å². The summed E-state index contributed by atoms with van der Waals surface area (Å²) in [7, 11) is 0. The second-order valence-corrected chi connectivity index (χ2v) is 5.06. The summed E-state index contributed by atoms with van der Waals surface area (Å²) in [4.78, 5) is 25.2. The highest BCUT2D eigenvalue weighted by molar-refractivity contribution is 5.62. The first-order valence-corrected chi connectivity index (χ1v) is 7.29. The van der Waals surface area contributed by atoms with Crippen molar-refractivity contribution >= 4 is 5.69 Å². The molecule has 0 saturated carbocycles. The molecule has 0 radical (unpaired) electrons. The maximum absolute atomic E-state index is 12.1. The van der Waals surface area contributed by atoms with E-state index in [1.54, 1.807) is 24.3 Å². The van der Waals surface area contributed by atoms with Gasteiger partial charge in [0.15, 0.2) is 0 Å². The summed E-state index contributed by atoms with van der Waals surface area (Å²) in [6.07, 6.45) is 2.18. The number of hydrogen-bond donors (Lipinski definition) is 2. The van der Waals surface area contributed by atoms with Gasteiger partial charge in [0.2, 0.25) is 0 Å². The fourth-order valence-corrected chi connectivity index (χ4v) is 2.12. The number of nitrogens with one attached hydrogen (secondary N) is 2. The van der Waals surface area contributed by atoms with Crippen molar-refractivity contribution in [3.05, 3.63) is 62.4 Å². The molecule has 1 aromatic heterocycles. The van der Waals surface area contributed by atoms with Gasteiger partial charge in [0.25, 0.3) is 11.2 Å². The first-order chi connectivity index (χ1) is 10.6. The van der Waals surface area contributed by atoms with E-state index in [2.05, 4.69) is 17.2 Å². The van der Waals surface area contributed by atoms with Crippen LogP contribution in [0.5, 0.6) is 0 Å². The predicted octanol–water partition coefficient (Wildman–Crippen LogP) is 2.84. The second kappa shape index (κ2) is 7.51. The molecule has 0 amide bonds. The van der Waals surface area contributed by atoms with E-state index < -0.39 is 4.92 Å². The van der Waals surface area contributed by atoms with Gasteiger partial charge >= 0.3 is 0 Å². The molecule has 0 aliphatic heterocycles. The van der Waals surface area contributed by atoms with Crippen molar-refractivity contribution in [2.45, 2.75) is 26.3 Å². The maximum atomic E-state index is 12.1. The summed E-state index contributed by atoms with van der Waals surface area (Å²) in [5, 5.41) is 14.0. The van der Waals surface area contributed by atoms with Gasteiger partial charge in [-0.25, -0.2) is 0 Å². The van der Waals surface area contributed by atoms with Crippen LogP contribution in [0.2, 0.25) is 0 Å². The molecule has 22 heavy (non-hydrogen) atoms. The van der Waals surface area contributed by atoms with Crippen LogP contribution in [0.15, 0.2) is 41.2 Å². The first-order valence-electron chi connectivity index (χ1n) is 7.29. The third-order valence-electron chi connectivity index (χ3n) is 3.38. The highest BCUT2D eigenvalue weighted by Crippen LogP contribution is 2.21. The van der Waals surface area contributed by atoms with Gasteiger partial charge in [-0.3, -0.25) is 14.9 Å². The Hall–Kier alpha value is -2.47. The summed E-state index contributed by atoms with van der Waals surface area (Å²) < 4.78 is 0. The van der Waals surface area contributed by atoms with E-state index in [-0.39, 0.29) is 11.2 Å². The van der Waals surface area contributed by atoms with Crippen LogP contribution in [0.25, 0.3) is 11.3 Å². The van der Waals surface area contributed by atoms with Gasteiger partial charge in [0.1, 0.15) is 0 Å². The fourth-order valence-electron chi connectivity index (χ4n) is 2.12. The first kappa shape index (κ1) is 15.9. The van der Waals surface area contributed by atoms with Crippen LogP contribution in [0.1, 0.15) is 25.3 Å². The Morgan fingerprint density at radius 2 is 2.09 bits per heavy atom. The lowest BCUT2D eigenvalue weighted by atomic mass is 10.1. The molecule has 2 N–H and O–H groups in total. The second-order valence-electron chi connectivity index (χ2n) is 5.06. The molecule has 116 valence electrons. The Morgan fingerprint density at radius 1 is 1.27 bits per heavy atom. The molecule has 1 aromatic carbocycles. The molecular formula is C16H19N3O3. The van der Waals surface area contributed by atoms with E-state index in [4.69, 9.17) is 0 Å². The van der Waals surface area contributed by atoms with Gasteiger partial charge in [0.05, 0.1) is 4.92 Å². The Morgan fingerprint density at radius 3 is 2.77 bits per heavy atom. The number of aromatic nitrogens is 1. The SMILES string of the molecule is CCCCNCc1ccc(-c2cccc([N+](=O)[O-])c2)[nH]c1=O. The molecule has 0 unspecified atom stereocenters. The van der Waals surface area contributed by atoms with Crippen molar-refractivity contribution in [1.82, 2.24) is 10.3 Å². The average Bonchev–Trinajstić information content (AvgIpc) is 2.53. The van der Waals surface area contributed by atoms with E-state index in [0.29, 0.717) is 23.4 Å². The van der Waals surface area contributed by atoms with Gasteiger partial charge in [0, 0.05) is 35.5 Å². The van der Waals surface area contributed by atoms with E-state index in [9.17, 15) is 14.9 Å². The van der Waals surface area contributed by atoms with Crippen LogP contribution in [0.3, 0.4) is 0 Å². The highest BCUT2D eigenvalue weighted by atomic mass is 16.6. The number of nitro groups is 1. The third-order valence-corrected chi connectivity index (χ3v) is 3.38. The van der Waals surface area contributed by atoms with Gasteiger partial charge in [-0.05, 0) is 19.0 Å². The standard InChI is InChI=1S/C16H19N3O3/c1-2-3-9-17-11-13-7-8-15(18-16(13)20)12-5-4-6-14(10-12)19(21)22/h4-8,10,17H,2-3,9,11H2,1H3,(H,18,20). The molecule has 0 fully saturated rings. The summed E-state index contributed by atoms with van der Waals surface area (Å²) in [5.41, 5.74) is 1.68. The van der Waals surface area contributed by atoms with Crippen LogP contribution in [-0.4, -0.2) is 16.5 Å². The number of non-ortho nitro benzene ring substituents is 1. The fraction of sp³-hybridized carbons (Fsp3) is 0.312. The molecule has 6 heteroatoms. The summed E-state index contributed by atoms with van der Waals surface area (Å²) in [5.74, 6) is 0. The smallest absolute Gasteiger partial charge is 0.270 e. The Bertz CT molecular complexity index is 710. The number of benzene rings is 1. The van der Waals surface area contributed by atoms with Crippen molar-refractivity contribution in [3.63, 3.8) is 0 Å². The molecule has 1 heterocycles. The molecule has 6 nitrogen and oxygen atoms in total. The maximum Gasteiger partial charge on any atom is 0.270 e. The highest BCUT2D eigenvalue weighted by Gasteiger charge is 2.08. The monoisotopic (exact) mass is 301 g/mol. The normalized spacial score (nSPS) is 10.6. The predicted molar refractivity (Wildman–Crippen MR) is 85.8 cm³/mol. The van der Waals surface area contributed by atoms with E-state index in [1.807, 2.05) is 0 Å². The van der Waals surface area contributed by atoms with Gasteiger partial charge < -0.3 is 10.3 Å². The number of aromatic amines is 1. The Kier molecular flexibility index (Phi) is 5.43. The van der Waals surface area contributed by atoms with Crippen molar-refractivity contribution in [3.8, 4) is 11.3 Å². The number of rotatable bonds is 7. The Balaban J connectivity index is 2.17. The van der Waals surface area contributed by atoms with Crippen LogP contribution in [0.4, 0.5) is 5.69 Å². The van der Waals surface area contributed by atoms with Crippen molar-refractivity contribution in [2.24, 2.45) is 0 Å². The number of H-pyrrole nitrogens is 1. The van der Waals surface area contributed by atoms with Gasteiger partial charge in [-0.2, -0.15) is 0 Å². The number of hydrogen-bond acceptors (Lipinski definition) is 4. The van der Waals surface area contributed by atoms with Crippen LogP contribution < -0.4 is 10.9 Å². The molecule has 0 saturated heterocycles. The number of unbranched alkanes of at least 4 members (excludes halogenated alkanes) is 1. The molecule has 0 spiro atoms. The lowest BCUT2D eigenvalue weighted by Crippen LogP contribution is -2.21. The van der Waals surface area contributed by atoms with Crippen molar-refractivity contribution in [2.75, 3.05) is 6.54 Å². The van der Waals surface area contributed by atoms with Crippen LogP contribution >= 0.6 is 0 Å². The number of nitrogens with zero attached hydrogens (tertiary/aromatic N) is 1. The van der Waals surface area contributed by atoms with Gasteiger partial charge in [-0.15, -0.1) is 0 Å². The van der Waals surface area contributed by atoms with E-state index >= 15 is 0 Å². The minimum atomic E-state index is -0.451. The molecule has 0 aliphatic rings. The van der Waals surface area contributed by atoms with Crippen molar-refractivity contribution < 1.29 is 4.92 Å². The van der Waals surface area contributed by atoms with E-state index in [0.717, 1.165) is 19.4 Å². The quantitative estimate of drug-likeness (QED) is 0.467. The lowest BCUT2D eigenvalue weighted by molar-refractivity contribution is -0.384. The average molecular weight is 301 g/mol. The zero-order chi connectivity index (χ0) is 15.9.